The molecule has 5 aromatic carbocycles. The second kappa shape index (κ2) is 14.0. The van der Waals surface area contributed by atoms with Crippen LogP contribution in [0.2, 0.25) is 0 Å². The Labute approximate surface area is 275 Å². The molecule has 3 nitrogen and oxygen atoms in total. The van der Waals surface area contributed by atoms with Gasteiger partial charge >= 0.3 is 5.97 Å². The fourth-order valence-electron chi connectivity index (χ4n) is 6.38. The average molecular weight is 613 g/mol. The van der Waals surface area contributed by atoms with Crippen LogP contribution < -0.4 is 0 Å². The Kier molecular flexibility index (Phi) is 10.0. The van der Waals surface area contributed by atoms with Gasteiger partial charge in [0.1, 0.15) is 5.75 Å². The molecule has 0 aliphatic heterocycles. The molecule has 238 valence electrons. The smallest absolute Gasteiger partial charge is 0.312 e. The molecule has 0 saturated heterocycles. The molecule has 2 aliphatic rings. The number of phenolic OH excluding ortho intramolecular Hbond substituents is 1. The molecule has 0 aromatic heterocycles. The maximum atomic E-state index is 12.4. The zero-order valence-corrected chi connectivity index (χ0v) is 28.4. The van der Waals surface area contributed by atoms with Crippen LogP contribution in [0, 0.1) is 5.41 Å². The van der Waals surface area contributed by atoms with Gasteiger partial charge in [-0.2, -0.15) is 0 Å². The standard InChI is InChI=1S/C19H20O2.C14H14.C10H14O/c1-4-19(2,3)18(20)21-17-15-11-7-5-9-13(15)14-10-6-8-12-16(14)17;1-9-10(2)13-8-4-6-11-5-3-7-12(9)14(11)13;1-3-8(2)9-4-6-10(11)7-5-9/h5-12,17H,4H2,1-3H3;3-10H,1-2H3;4-8,11H,3H2,1-2H3. The lowest BCUT2D eigenvalue weighted by atomic mass is 9.90. The molecule has 3 heteroatoms. The molecule has 0 saturated carbocycles. The lowest BCUT2D eigenvalue weighted by Gasteiger charge is -2.24. The van der Waals surface area contributed by atoms with Crippen molar-refractivity contribution in [3.05, 3.63) is 137 Å². The molecule has 1 N–H and O–H groups in total. The van der Waals surface area contributed by atoms with Gasteiger partial charge in [-0.3, -0.25) is 4.79 Å². The minimum Gasteiger partial charge on any atom is -0.508 e. The molecule has 0 spiro atoms. The summed E-state index contributed by atoms with van der Waals surface area (Å²) in [5, 5.41) is 11.9. The van der Waals surface area contributed by atoms with E-state index in [9.17, 15) is 4.79 Å². The molecular formula is C43H48O3. The number of aromatic hydroxyl groups is 1. The zero-order valence-electron chi connectivity index (χ0n) is 28.4. The van der Waals surface area contributed by atoms with Crippen LogP contribution in [0.1, 0.15) is 113 Å². The molecule has 5 aromatic rings. The van der Waals surface area contributed by atoms with Crippen LogP contribution in [0.3, 0.4) is 0 Å². The molecule has 46 heavy (non-hydrogen) atoms. The van der Waals surface area contributed by atoms with E-state index in [-0.39, 0.29) is 12.1 Å². The summed E-state index contributed by atoms with van der Waals surface area (Å²) in [6.45, 7) is 14.9. The quantitative estimate of drug-likeness (QED) is 0.201. The van der Waals surface area contributed by atoms with Crippen LogP contribution in [-0.4, -0.2) is 11.1 Å². The summed E-state index contributed by atoms with van der Waals surface area (Å²) < 4.78 is 5.88. The largest absolute Gasteiger partial charge is 0.508 e. The van der Waals surface area contributed by atoms with Crippen molar-refractivity contribution in [1.82, 2.24) is 0 Å². The van der Waals surface area contributed by atoms with Gasteiger partial charge in [-0.15, -0.1) is 0 Å². The SMILES string of the molecule is CC1c2cccc3cccc(c23)C1C.CCC(C)(C)C(=O)OC1c2ccccc2-c2ccccc21.CCC(C)c1ccc(O)cc1. The van der Waals surface area contributed by atoms with Crippen molar-refractivity contribution < 1.29 is 14.6 Å². The molecule has 3 unspecified atom stereocenters. The fraction of sp³-hybridized carbons (Fsp3) is 0.326. The number of hydrogen-bond acceptors (Lipinski definition) is 3. The van der Waals surface area contributed by atoms with E-state index in [4.69, 9.17) is 9.84 Å². The van der Waals surface area contributed by atoms with Crippen molar-refractivity contribution in [2.45, 2.75) is 85.2 Å². The van der Waals surface area contributed by atoms with Gasteiger partial charge in [0.15, 0.2) is 6.10 Å². The molecule has 3 atom stereocenters. The zero-order chi connectivity index (χ0) is 33.0. The summed E-state index contributed by atoms with van der Waals surface area (Å²) in [6.07, 6.45) is 1.63. The van der Waals surface area contributed by atoms with Gasteiger partial charge in [0.05, 0.1) is 5.41 Å². The highest BCUT2D eigenvalue weighted by atomic mass is 16.5. The Morgan fingerprint density at radius 1 is 0.717 bits per heavy atom. The predicted molar refractivity (Wildman–Crippen MR) is 191 cm³/mol. The van der Waals surface area contributed by atoms with Crippen LogP contribution in [0.4, 0.5) is 0 Å². The third-order valence-electron chi connectivity index (χ3n) is 10.2. The Morgan fingerprint density at radius 2 is 1.20 bits per heavy atom. The van der Waals surface area contributed by atoms with Gasteiger partial charge in [0.2, 0.25) is 0 Å². The Morgan fingerprint density at radius 3 is 1.67 bits per heavy atom. The van der Waals surface area contributed by atoms with Gasteiger partial charge in [-0.05, 0) is 95.2 Å². The second-order valence-corrected chi connectivity index (χ2v) is 13.5. The number of esters is 1. The van der Waals surface area contributed by atoms with E-state index in [2.05, 4.69) is 76.2 Å². The van der Waals surface area contributed by atoms with Crippen molar-refractivity contribution in [1.29, 1.82) is 0 Å². The lowest BCUT2D eigenvalue weighted by Crippen LogP contribution is -2.27. The first-order valence-electron chi connectivity index (χ1n) is 16.8. The first-order chi connectivity index (χ1) is 22.1. The van der Waals surface area contributed by atoms with Crippen molar-refractivity contribution in [3.63, 3.8) is 0 Å². The number of fused-ring (bicyclic) bond motifs is 3. The van der Waals surface area contributed by atoms with E-state index in [1.54, 1.807) is 12.1 Å². The van der Waals surface area contributed by atoms with Gasteiger partial charge < -0.3 is 9.84 Å². The molecular weight excluding hydrogens is 564 g/mol. The van der Waals surface area contributed by atoms with E-state index in [0.29, 0.717) is 23.5 Å². The molecule has 0 bridgehead atoms. The van der Waals surface area contributed by atoms with Crippen LogP contribution >= 0.6 is 0 Å². The number of ether oxygens (including phenoxy) is 1. The van der Waals surface area contributed by atoms with Crippen molar-refractivity contribution in [2.24, 2.45) is 5.41 Å². The first-order valence-corrected chi connectivity index (χ1v) is 16.8. The summed E-state index contributed by atoms with van der Waals surface area (Å²) in [5.74, 6) is 2.15. The van der Waals surface area contributed by atoms with Gasteiger partial charge in [0.25, 0.3) is 0 Å². The number of carbonyl (C=O) groups excluding carboxylic acids is 1. The fourth-order valence-corrected chi connectivity index (χ4v) is 6.38. The van der Waals surface area contributed by atoms with Gasteiger partial charge in [-0.1, -0.05) is 132 Å². The third kappa shape index (κ3) is 6.60. The summed E-state index contributed by atoms with van der Waals surface area (Å²) in [5.41, 5.74) is 8.41. The third-order valence-corrected chi connectivity index (χ3v) is 10.2. The lowest BCUT2D eigenvalue weighted by molar-refractivity contribution is -0.158. The molecule has 7 rings (SSSR count). The summed E-state index contributed by atoms with van der Waals surface area (Å²) in [4.78, 5) is 12.4. The van der Waals surface area contributed by atoms with Crippen LogP contribution in [-0.2, 0) is 9.53 Å². The maximum absolute atomic E-state index is 12.4. The number of rotatable bonds is 5. The van der Waals surface area contributed by atoms with E-state index in [1.165, 1.54) is 38.6 Å². The van der Waals surface area contributed by atoms with Gasteiger partial charge in [-0.25, -0.2) is 0 Å². The normalized spacial score (nSPS) is 16.8. The number of phenols is 1. The van der Waals surface area contributed by atoms with E-state index < -0.39 is 5.41 Å². The molecule has 0 amide bonds. The highest BCUT2D eigenvalue weighted by Gasteiger charge is 2.35. The van der Waals surface area contributed by atoms with Crippen LogP contribution in [0.25, 0.3) is 21.9 Å². The number of benzene rings is 5. The average Bonchev–Trinajstić information content (AvgIpc) is 3.53. The van der Waals surface area contributed by atoms with Crippen LogP contribution in [0.15, 0.2) is 109 Å². The summed E-state index contributed by atoms with van der Waals surface area (Å²) >= 11 is 0. The highest BCUT2D eigenvalue weighted by molar-refractivity contribution is 5.92. The Bertz CT molecular complexity index is 1710. The summed E-state index contributed by atoms with van der Waals surface area (Å²) in [7, 11) is 0. The second-order valence-electron chi connectivity index (χ2n) is 13.5. The van der Waals surface area contributed by atoms with E-state index >= 15 is 0 Å². The number of hydrogen-bond donors (Lipinski definition) is 1. The van der Waals surface area contributed by atoms with Crippen molar-refractivity contribution in [3.8, 4) is 16.9 Å². The Balaban J connectivity index is 0.000000145. The van der Waals surface area contributed by atoms with Crippen molar-refractivity contribution >= 4 is 16.7 Å². The topological polar surface area (TPSA) is 46.5 Å². The highest BCUT2D eigenvalue weighted by Crippen LogP contribution is 2.47. The molecule has 0 fully saturated rings. The van der Waals surface area contributed by atoms with Crippen molar-refractivity contribution in [2.75, 3.05) is 0 Å². The minimum absolute atomic E-state index is 0.137. The molecule has 0 heterocycles. The first kappa shape index (κ1) is 33.0. The molecule has 2 aliphatic carbocycles. The Hall–Kier alpha value is -4.37. The number of carbonyl (C=O) groups is 1. The minimum atomic E-state index is -0.452. The van der Waals surface area contributed by atoms with Crippen LogP contribution in [0.5, 0.6) is 5.75 Å². The predicted octanol–water partition coefficient (Wildman–Crippen LogP) is 11.7. The van der Waals surface area contributed by atoms with E-state index in [1.807, 2.05) is 69.3 Å². The van der Waals surface area contributed by atoms with E-state index in [0.717, 1.165) is 24.0 Å². The monoisotopic (exact) mass is 612 g/mol. The summed E-state index contributed by atoms with van der Waals surface area (Å²) in [6, 6.07) is 37.1. The maximum Gasteiger partial charge on any atom is 0.312 e. The van der Waals surface area contributed by atoms with Gasteiger partial charge in [0, 0.05) is 11.1 Å². The molecule has 0 radical (unpaired) electrons.